The molecule has 0 bridgehead atoms. The first-order valence-corrected chi connectivity index (χ1v) is 11.7. The van der Waals surface area contributed by atoms with Crippen LogP contribution in [0.3, 0.4) is 0 Å². The molecule has 0 saturated carbocycles. The van der Waals surface area contributed by atoms with Crippen LogP contribution < -0.4 is 4.90 Å². The summed E-state index contributed by atoms with van der Waals surface area (Å²) in [5, 5.41) is 15.6. The topological polar surface area (TPSA) is 54.9 Å². The van der Waals surface area contributed by atoms with Crippen molar-refractivity contribution >= 4 is 16.3 Å². The van der Waals surface area contributed by atoms with E-state index in [0.717, 1.165) is 35.2 Å². The van der Waals surface area contributed by atoms with Crippen molar-refractivity contribution in [2.75, 3.05) is 13.1 Å². The number of benzene rings is 1. The third-order valence-electron chi connectivity index (χ3n) is 6.19. The van der Waals surface area contributed by atoms with Gasteiger partial charge in [-0.2, -0.15) is 4.52 Å². The van der Waals surface area contributed by atoms with Gasteiger partial charge in [-0.1, -0.05) is 70.2 Å². The molecule has 1 aliphatic rings. The molecule has 0 radical (unpaired) electrons. The highest BCUT2D eigenvalue weighted by molar-refractivity contribution is 7.17. The van der Waals surface area contributed by atoms with E-state index >= 15 is 0 Å². The van der Waals surface area contributed by atoms with Gasteiger partial charge in [0.15, 0.2) is 11.9 Å². The highest BCUT2D eigenvalue weighted by Crippen LogP contribution is 2.36. The normalized spacial score (nSPS) is 23.7. The van der Waals surface area contributed by atoms with Gasteiger partial charge < -0.3 is 10.0 Å². The average molecular weight is 414 g/mol. The van der Waals surface area contributed by atoms with Crippen molar-refractivity contribution in [1.82, 2.24) is 14.6 Å². The Morgan fingerprint density at radius 1 is 1.14 bits per heavy atom. The number of aromatic hydroxyl groups is 1. The van der Waals surface area contributed by atoms with Crippen LogP contribution in [-0.4, -0.2) is 32.8 Å². The number of thiazole rings is 1. The monoisotopic (exact) mass is 413 g/mol. The van der Waals surface area contributed by atoms with E-state index in [9.17, 15) is 5.11 Å². The van der Waals surface area contributed by atoms with Gasteiger partial charge in [0.05, 0.1) is 13.1 Å². The summed E-state index contributed by atoms with van der Waals surface area (Å²) < 4.78 is 1.63. The van der Waals surface area contributed by atoms with Crippen LogP contribution >= 0.6 is 11.3 Å². The van der Waals surface area contributed by atoms with Gasteiger partial charge in [0.1, 0.15) is 4.88 Å². The largest absolute Gasteiger partial charge is 0.492 e. The van der Waals surface area contributed by atoms with E-state index in [1.807, 2.05) is 6.92 Å². The number of hydrogen-bond acceptors (Lipinski definition) is 4. The molecule has 1 saturated heterocycles. The molecule has 2 aromatic heterocycles. The highest BCUT2D eigenvalue weighted by Gasteiger charge is 2.37. The molecule has 29 heavy (non-hydrogen) atoms. The molecule has 4 rings (SSSR count). The predicted molar refractivity (Wildman–Crippen MR) is 118 cm³/mol. The van der Waals surface area contributed by atoms with Crippen LogP contribution in [0.4, 0.5) is 0 Å². The van der Waals surface area contributed by atoms with Crippen LogP contribution in [0.2, 0.25) is 0 Å². The van der Waals surface area contributed by atoms with Gasteiger partial charge in [-0.15, -0.1) is 5.10 Å². The van der Waals surface area contributed by atoms with E-state index in [-0.39, 0.29) is 11.9 Å². The molecule has 1 unspecified atom stereocenters. The van der Waals surface area contributed by atoms with Gasteiger partial charge in [-0.25, -0.2) is 4.98 Å². The van der Waals surface area contributed by atoms with Crippen molar-refractivity contribution in [2.24, 2.45) is 11.8 Å². The first-order chi connectivity index (χ1) is 13.9. The second-order valence-corrected chi connectivity index (χ2v) is 10.1. The third-order valence-corrected chi connectivity index (χ3v) is 7.28. The summed E-state index contributed by atoms with van der Waals surface area (Å²) in [6, 6.07) is 9.10. The van der Waals surface area contributed by atoms with Crippen LogP contribution in [0, 0.1) is 11.8 Å². The number of rotatable bonds is 5. The van der Waals surface area contributed by atoms with E-state index < -0.39 is 0 Å². The van der Waals surface area contributed by atoms with Gasteiger partial charge in [0.25, 0.3) is 0 Å². The van der Waals surface area contributed by atoms with Gasteiger partial charge >= 0.3 is 0 Å². The van der Waals surface area contributed by atoms with Gasteiger partial charge in [0, 0.05) is 23.8 Å². The fraction of sp³-hybridized carbons (Fsp3) is 0.565. The van der Waals surface area contributed by atoms with Crippen molar-refractivity contribution < 1.29 is 10.0 Å². The summed E-state index contributed by atoms with van der Waals surface area (Å²) in [5.41, 5.74) is 2.61. The molecule has 3 heterocycles. The first-order valence-electron chi connectivity index (χ1n) is 10.9. The Hall–Kier alpha value is -1.92. The Labute approximate surface area is 177 Å². The maximum Gasteiger partial charge on any atom is 0.235 e. The Morgan fingerprint density at radius 3 is 2.31 bits per heavy atom. The predicted octanol–water partition coefficient (Wildman–Crippen LogP) is 3.83. The summed E-state index contributed by atoms with van der Waals surface area (Å²) in [6.07, 6.45) is 2.05. The number of quaternary nitrogens is 1. The quantitative estimate of drug-likeness (QED) is 0.668. The molecule has 0 amide bonds. The lowest BCUT2D eigenvalue weighted by atomic mass is 9.89. The van der Waals surface area contributed by atoms with Gasteiger partial charge in [-0.3, -0.25) is 0 Å². The second-order valence-electron chi connectivity index (χ2n) is 9.13. The molecule has 4 atom stereocenters. The Kier molecular flexibility index (Phi) is 5.67. The van der Waals surface area contributed by atoms with Crippen LogP contribution in [-0.2, 0) is 6.42 Å². The number of nitrogens with one attached hydrogen (secondary N) is 1. The van der Waals surface area contributed by atoms with Crippen LogP contribution in [0.25, 0.3) is 4.96 Å². The van der Waals surface area contributed by atoms with E-state index in [1.165, 1.54) is 22.4 Å². The lowest BCUT2D eigenvalue weighted by molar-refractivity contribution is -0.936. The molecule has 3 aromatic rings. The number of fused-ring (bicyclic) bond motifs is 1. The maximum atomic E-state index is 11.1. The average Bonchev–Trinajstić information content (AvgIpc) is 3.21. The molecule has 1 aromatic carbocycles. The number of nitrogens with zero attached hydrogens (tertiary/aromatic N) is 3. The van der Waals surface area contributed by atoms with Crippen LogP contribution in [0.5, 0.6) is 5.88 Å². The standard InChI is InChI=1S/C23H32N4OS/c1-6-19-24-23-27(25-19)22(28)21(29-23)20(26-12-15(4)11-16(5)13-26)18-9-7-17(8-10-18)14(2)3/h7-10,14-16,20,28H,6,11-13H2,1-5H3/p+1/t15-,16+,20-/m1/s1. The number of piperidine rings is 1. The van der Waals surface area contributed by atoms with Crippen molar-refractivity contribution in [2.45, 2.75) is 59.4 Å². The molecule has 5 nitrogen and oxygen atoms in total. The Balaban J connectivity index is 1.79. The Bertz CT molecular complexity index is 965. The molecular weight excluding hydrogens is 380 g/mol. The molecule has 2 N–H and O–H groups in total. The summed E-state index contributed by atoms with van der Waals surface area (Å²) >= 11 is 1.59. The minimum atomic E-state index is 0.111. The zero-order valence-electron chi connectivity index (χ0n) is 18.1. The zero-order valence-corrected chi connectivity index (χ0v) is 19.0. The Morgan fingerprint density at radius 2 is 1.76 bits per heavy atom. The number of aryl methyl sites for hydroxylation is 1. The molecule has 0 spiro atoms. The highest BCUT2D eigenvalue weighted by atomic mass is 32.1. The van der Waals surface area contributed by atoms with Crippen molar-refractivity contribution in [3.8, 4) is 5.88 Å². The van der Waals surface area contributed by atoms with Crippen molar-refractivity contribution in [3.05, 3.63) is 46.1 Å². The van der Waals surface area contributed by atoms with Crippen molar-refractivity contribution in [1.29, 1.82) is 0 Å². The first kappa shape index (κ1) is 20.4. The molecular formula is C23H33N4OS+. The minimum absolute atomic E-state index is 0.111. The van der Waals surface area contributed by atoms with Crippen molar-refractivity contribution in [3.63, 3.8) is 0 Å². The molecule has 156 valence electrons. The van der Waals surface area contributed by atoms with Crippen LogP contribution in [0.15, 0.2) is 24.3 Å². The van der Waals surface area contributed by atoms with E-state index in [2.05, 4.69) is 62.0 Å². The van der Waals surface area contributed by atoms with Gasteiger partial charge in [-0.05, 0) is 17.9 Å². The summed E-state index contributed by atoms with van der Waals surface area (Å²) in [7, 11) is 0. The van der Waals surface area contributed by atoms with E-state index in [1.54, 1.807) is 15.9 Å². The summed E-state index contributed by atoms with van der Waals surface area (Å²) in [6.45, 7) is 13.4. The minimum Gasteiger partial charge on any atom is -0.492 e. The number of hydrogen-bond donors (Lipinski definition) is 2. The molecule has 1 aliphatic heterocycles. The fourth-order valence-corrected chi connectivity index (χ4v) is 6.00. The van der Waals surface area contributed by atoms with E-state index in [4.69, 9.17) is 0 Å². The maximum absolute atomic E-state index is 11.1. The summed E-state index contributed by atoms with van der Waals surface area (Å²) in [4.78, 5) is 7.90. The second kappa shape index (κ2) is 8.07. The number of likely N-dealkylation sites (tertiary alicyclic amines) is 1. The smallest absolute Gasteiger partial charge is 0.235 e. The fourth-order valence-electron chi connectivity index (χ4n) is 4.84. The third kappa shape index (κ3) is 3.92. The summed E-state index contributed by atoms with van der Waals surface area (Å²) in [5.74, 6) is 2.92. The lowest BCUT2D eigenvalue weighted by Gasteiger charge is -2.37. The molecule has 1 fully saturated rings. The number of aromatic nitrogens is 3. The van der Waals surface area contributed by atoms with Gasteiger partial charge in [0.2, 0.25) is 10.8 Å². The molecule has 6 heteroatoms. The molecule has 0 aliphatic carbocycles. The van der Waals surface area contributed by atoms with E-state index in [0.29, 0.717) is 17.8 Å². The SMILES string of the molecule is CCc1nc2sc([C@@H](c3ccc(C(C)C)cc3)[NH+]3C[C@H](C)C[C@H](C)C3)c(O)n2n1. The lowest BCUT2D eigenvalue weighted by Crippen LogP contribution is -3.14. The van der Waals surface area contributed by atoms with Crippen LogP contribution in [0.1, 0.15) is 74.8 Å². The zero-order chi connectivity index (χ0) is 20.7.